The molecule has 17 heavy (non-hydrogen) atoms. The highest BCUT2D eigenvalue weighted by atomic mass is 79.9. The van der Waals surface area contributed by atoms with E-state index in [2.05, 4.69) is 22.0 Å². The van der Waals surface area contributed by atoms with Gasteiger partial charge in [0.15, 0.2) is 0 Å². The number of methoxy groups -OCH3 is 1. The molecule has 4 heteroatoms. The molecule has 0 amide bonds. The molecule has 0 saturated carbocycles. The van der Waals surface area contributed by atoms with Crippen molar-refractivity contribution >= 4 is 15.9 Å². The third kappa shape index (κ3) is 5.52. The molecule has 96 valence electrons. The van der Waals surface area contributed by atoms with Crippen molar-refractivity contribution in [3.05, 3.63) is 28.2 Å². The Morgan fingerprint density at radius 2 is 2.12 bits per heavy atom. The highest BCUT2D eigenvalue weighted by molar-refractivity contribution is 9.10. The first-order valence-corrected chi connectivity index (χ1v) is 6.58. The molecule has 0 aliphatic rings. The van der Waals surface area contributed by atoms with E-state index in [-0.39, 0.29) is 6.04 Å². The molecule has 1 aromatic rings. The molecule has 0 radical (unpaired) electrons. The molecule has 0 fully saturated rings. The Hall–Kier alpha value is -0.580. The third-order valence-corrected chi connectivity index (χ3v) is 2.81. The number of rotatable bonds is 7. The van der Waals surface area contributed by atoms with Crippen LogP contribution in [0.15, 0.2) is 22.7 Å². The van der Waals surface area contributed by atoms with Gasteiger partial charge >= 0.3 is 0 Å². The molecule has 0 heterocycles. The van der Waals surface area contributed by atoms with Crippen LogP contribution in [0.2, 0.25) is 0 Å². The largest absolute Gasteiger partial charge is 0.493 e. The van der Waals surface area contributed by atoms with Crippen LogP contribution >= 0.6 is 15.9 Å². The Morgan fingerprint density at radius 3 is 2.76 bits per heavy atom. The summed E-state index contributed by atoms with van der Waals surface area (Å²) >= 11 is 3.46. The van der Waals surface area contributed by atoms with E-state index in [1.807, 2.05) is 19.1 Å². The summed E-state index contributed by atoms with van der Waals surface area (Å²) in [7, 11) is 1.70. The molecule has 0 aromatic heterocycles. The van der Waals surface area contributed by atoms with Gasteiger partial charge in [0.05, 0.1) is 6.61 Å². The summed E-state index contributed by atoms with van der Waals surface area (Å²) in [6.45, 7) is 3.39. The van der Waals surface area contributed by atoms with E-state index in [0.29, 0.717) is 6.61 Å². The van der Waals surface area contributed by atoms with Crippen molar-refractivity contribution in [1.82, 2.24) is 0 Å². The number of benzene rings is 1. The first-order chi connectivity index (χ1) is 8.13. The fourth-order valence-electron chi connectivity index (χ4n) is 1.58. The van der Waals surface area contributed by atoms with Crippen molar-refractivity contribution in [1.29, 1.82) is 0 Å². The number of ether oxygens (including phenoxy) is 2. The summed E-state index contributed by atoms with van der Waals surface area (Å²) in [6.07, 6.45) is 1.71. The Bertz CT molecular complexity index is 342. The summed E-state index contributed by atoms with van der Waals surface area (Å²) in [5.74, 6) is 0.918. The van der Waals surface area contributed by atoms with Gasteiger partial charge in [-0.25, -0.2) is 0 Å². The fraction of sp³-hybridized carbons (Fsp3) is 0.538. The minimum atomic E-state index is 0.130. The van der Waals surface area contributed by atoms with Crippen molar-refractivity contribution in [3.8, 4) is 5.75 Å². The molecule has 1 atom stereocenters. The van der Waals surface area contributed by atoms with Gasteiger partial charge in [-0.05, 0) is 37.1 Å². The monoisotopic (exact) mass is 301 g/mol. The topological polar surface area (TPSA) is 44.5 Å². The van der Waals surface area contributed by atoms with E-state index >= 15 is 0 Å². The van der Waals surface area contributed by atoms with Gasteiger partial charge in [0.25, 0.3) is 0 Å². The van der Waals surface area contributed by atoms with Gasteiger partial charge in [-0.3, -0.25) is 0 Å². The van der Waals surface area contributed by atoms with Gasteiger partial charge in [-0.2, -0.15) is 0 Å². The third-order valence-electron chi connectivity index (χ3n) is 2.31. The Morgan fingerprint density at radius 1 is 1.35 bits per heavy atom. The molecule has 3 nitrogen and oxygen atoms in total. The predicted molar refractivity (Wildman–Crippen MR) is 73.5 cm³/mol. The van der Waals surface area contributed by atoms with Crippen LogP contribution in [0.4, 0.5) is 0 Å². The second-order valence-corrected chi connectivity index (χ2v) is 5.04. The highest BCUT2D eigenvalue weighted by Gasteiger charge is 2.07. The lowest BCUT2D eigenvalue weighted by Crippen LogP contribution is -2.18. The van der Waals surface area contributed by atoms with E-state index in [1.165, 1.54) is 0 Å². The van der Waals surface area contributed by atoms with Crippen LogP contribution in [-0.4, -0.2) is 26.4 Å². The Balaban J connectivity index is 2.62. The molecular weight excluding hydrogens is 282 g/mol. The predicted octanol–water partition coefficient (Wildman–Crippen LogP) is 2.75. The first-order valence-electron chi connectivity index (χ1n) is 5.79. The highest BCUT2D eigenvalue weighted by Crippen LogP contribution is 2.24. The molecule has 1 unspecified atom stereocenters. The Labute approximate surface area is 111 Å². The van der Waals surface area contributed by atoms with Crippen LogP contribution in [0.1, 0.15) is 18.9 Å². The van der Waals surface area contributed by atoms with Crippen molar-refractivity contribution in [2.24, 2.45) is 5.73 Å². The van der Waals surface area contributed by atoms with E-state index in [9.17, 15) is 0 Å². The molecule has 0 spiro atoms. The summed E-state index contributed by atoms with van der Waals surface area (Å²) in [5.41, 5.74) is 6.97. The zero-order valence-corrected chi connectivity index (χ0v) is 12.0. The quantitative estimate of drug-likeness (QED) is 0.788. The first kappa shape index (κ1) is 14.5. The van der Waals surface area contributed by atoms with Gasteiger partial charge in [0, 0.05) is 30.7 Å². The molecule has 1 rings (SSSR count). The maximum Gasteiger partial charge on any atom is 0.122 e. The van der Waals surface area contributed by atoms with Crippen LogP contribution in [0.25, 0.3) is 0 Å². The van der Waals surface area contributed by atoms with Gasteiger partial charge in [-0.1, -0.05) is 15.9 Å². The second-order valence-electron chi connectivity index (χ2n) is 4.13. The number of nitrogens with two attached hydrogens (primary N) is 1. The molecule has 0 bridgehead atoms. The van der Waals surface area contributed by atoms with E-state index < -0.39 is 0 Å². The standard InChI is InChI=1S/C13H20BrNO2/c1-10(15)8-11-9-12(14)4-5-13(11)17-7-3-6-16-2/h4-5,9-10H,3,6-8,15H2,1-2H3. The summed E-state index contributed by atoms with van der Waals surface area (Å²) < 4.78 is 11.8. The Kier molecular flexibility index (Phi) is 6.55. The van der Waals surface area contributed by atoms with Gasteiger partial charge in [-0.15, -0.1) is 0 Å². The van der Waals surface area contributed by atoms with Gasteiger partial charge < -0.3 is 15.2 Å². The van der Waals surface area contributed by atoms with Crippen LogP contribution in [0.3, 0.4) is 0 Å². The zero-order valence-electron chi connectivity index (χ0n) is 10.4. The average molecular weight is 302 g/mol. The van der Waals surface area contributed by atoms with Crippen LogP contribution in [0, 0.1) is 0 Å². The molecule has 1 aromatic carbocycles. The molecule has 0 aliphatic heterocycles. The minimum Gasteiger partial charge on any atom is -0.493 e. The SMILES string of the molecule is COCCCOc1ccc(Br)cc1CC(C)N. The summed E-state index contributed by atoms with van der Waals surface area (Å²) in [6, 6.07) is 6.16. The normalized spacial score (nSPS) is 12.5. The maximum atomic E-state index is 5.83. The molecular formula is C13H20BrNO2. The number of halogens is 1. The average Bonchev–Trinajstić information content (AvgIpc) is 2.26. The van der Waals surface area contributed by atoms with Crippen molar-refractivity contribution in [3.63, 3.8) is 0 Å². The van der Waals surface area contributed by atoms with Crippen LogP contribution < -0.4 is 10.5 Å². The van der Waals surface area contributed by atoms with Gasteiger partial charge in [0.2, 0.25) is 0 Å². The van der Waals surface area contributed by atoms with E-state index in [1.54, 1.807) is 7.11 Å². The lowest BCUT2D eigenvalue weighted by Gasteiger charge is -2.13. The van der Waals surface area contributed by atoms with E-state index in [0.717, 1.165) is 35.2 Å². The number of hydrogen-bond acceptors (Lipinski definition) is 3. The van der Waals surface area contributed by atoms with Crippen molar-refractivity contribution < 1.29 is 9.47 Å². The van der Waals surface area contributed by atoms with Crippen molar-refractivity contribution in [2.45, 2.75) is 25.8 Å². The molecule has 0 saturated heterocycles. The van der Waals surface area contributed by atoms with Gasteiger partial charge in [0.1, 0.15) is 5.75 Å². The zero-order chi connectivity index (χ0) is 12.7. The van der Waals surface area contributed by atoms with Crippen LogP contribution in [0.5, 0.6) is 5.75 Å². The molecule has 2 N–H and O–H groups in total. The van der Waals surface area contributed by atoms with E-state index in [4.69, 9.17) is 15.2 Å². The molecule has 0 aliphatic carbocycles. The minimum absolute atomic E-state index is 0.130. The lowest BCUT2D eigenvalue weighted by atomic mass is 10.1. The fourth-order valence-corrected chi connectivity index (χ4v) is 1.99. The number of hydrogen-bond donors (Lipinski definition) is 1. The maximum absolute atomic E-state index is 5.83. The summed E-state index contributed by atoms with van der Waals surface area (Å²) in [5, 5.41) is 0. The lowest BCUT2D eigenvalue weighted by molar-refractivity contribution is 0.171. The summed E-state index contributed by atoms with van der Waals surface area (Å²) in [4.78, 5) is 0. The van der Waals surface area contributed by atoms with Crippen LogP contribution in [-0.2, 0) is 11.2 Å². The smallest absolute Gasteiger partial charge is 0.122 e. The van der Waals surface area contributed by atoms with Crippen molar-refractivity contribution in [2.75, 3.05) is 20.3 Å². The second kappa shape index (κ2) is 7.69.